The standard InChI is InChI=1S/C34H36NO8/c1-5-21-35(23(2)36)30-32(42-25(4)38)31(41-24(3)37)29(43-33(30)39)22-40-34(26-15-9-6-10-16-26,27-17-11-7-12-18-27)28-19-13-8-14-20-28/h5-21,29-33H,22H2,1-4H3/q-1/b21-5+/t29-,30-,31-,32-,33-/m1/s1. The van der Waals surface area contributed by atoms with Gasteiger partial charge < -0.3 is 29.0 Å². The van der Waals surface area contributed by atoms with Crippen LogP contribution < -0.4 is 5.11 Å². The van der Waals surface area contributed by atoms with E-state index in [0.29, 0.717) is 0 Å². The van der Waals surface area contributed by atoms with E-state index in [9.17, 15) is 19.5 Å². The molecule has 0 spiro atoms. The summed E-state index contributed by atoms with van der Waals surface area (Å²) >= 11 is 0. The van der Waals surface area contributed by atoms with Crippen LogP contribution in [0.4, 0.5) is 0 Å². The molecule has 9 nitrogen and oxygen atoms in total. The number of esters is 2. The van der Waals surface area contributed by atoms with Gasteiger partial charge in [-0.2, -0.15) is 0 Å². The molecule has 0 saturated carbocycles. The van der Waals surface area contributed by atoms with Crippen molar-refractivity contribution in [2.24, 2.45) is 0 Å². The predicted octanol–water partition coefficient (Wildman–Crippen LogP) is 3.69. The highest BCUT2D eigenvalue weighted by Crippen LogP contribution is 2.41. The zero-order valence-electron chi connectivity index (χ0n) is 24.6. The molecule has 0 unspecified atom stereocenters. The molecule has 5 atom stereocenters. The molecule has 1 aliphatic rings. The molecule has 1 aliphatic heterocycles. The van der Waals surface area contributed by atoms with Gasteiger partial charge in [0.2, 0.25) is 5.91 Å². The lowest BCUT2D eigenvalue weighted by atomic mass is 9.80. The summed E-state index contributed by atoms with van der Waals surface area (Å²) in [6.07, 6.45) is -2.62. The zero-order valence-corrected chi connectivity index (χ0v) is 24.6. The molecule has 1 amide bonds. The molecule has 1 saturated heterocycles. The molecule has 43 heavy (non-hydrogen) atoms. The Kier molecular flexibility index (Phi) is 10.5. The Morgan fingerprint density at radius 2 is 1.23 bits per heavy atom. The Bertz CT molecular complexity index is 1300. The number of amides is 1. The first-order valence-corrected chi connectivity index (χ1v) is 14.1. The van der Waals surface area contributed by atoms with Gasteiger partial charge in [-0.15, -0.1) is 0 Å². The molecule has 9 heteroatoms. The Hall–Kier alpha value is -4.31. The smallest absolute Gasteiger partial charge is 0.303 e. The molecule has 0 radical (unpaired) electrons. The van der Waals surface area contributed by atoms with Gasteiger partial charge in [-0.3, -0.25) is 14.4 Å². The maximum Gasteiger partial charge on any atom is 0.303 e. The first-order chi connectivity index (χ1) is 20.7. The van der Waals surface area contributed by atoms with E-state index < -0.39 is 54.1 Å². The van der Waals surface area contributed by atoms with E-state index in [1.807, 2.05) is 91.0 Å². The normalized spacial score (nSPS) is 22.1. The van der Waals surface area contributed by atoms with E-state index in [1.165, 1.54) is 27.0 Å². The molecule has 0 N–H and O–H groups in total. The number of allylic oxidation sites excluding steroid dienone is 1. The summed E-state index contributed by atoms with van der Waals surface area (Å²) in [6.45, 7) is 5.11. The number of carbonyl (C=O) groups is 3. The third kappa shape index (κ3) is 7.02. The van der Waals surface area contributed by atoms with E-state index in [1.54, 1.807) is 13.0 Å². The van der Waals surface area contributed by atoms with E-state index in [2.05, 4.69) is 0 Å². The quantitative estimate of drug-likeness (QED) is 0.261. The fourth-order valence-corrected chi connectivity index (χ4v) is 5.53. The van der Waals surface area contributed by atoms with Crippen LogP contribution in [-0.2, 0) is 38.9 Å². The van der Waals surface area contributed by atoms with Gasteiger partial charge in [0.05, 0.1) is 12.6 Å². The summed E-state index contributed by atoms with van der Waals surface area (Å²) in [6, 6.07) is 27.5. The third-order valence-corrected chi connectivity index (χ3v) is 7.22. The van der Waals surface area contributed by atoms with Crippen molar-refractivity contribution in [2.75, 3.05) is 6.61 Å². The third-order valence-electron chi connectivity index (χ3n) is 7.22. The first kappa shape index (κ1) is 31.6. The van der Waals surface area contributed by atoms with Crippen LogP contribution >= 0.6 is 0 Å². The average molecular weight is 587 g/mol. The van der Waals surface area contributed by atoms with E-state index in [4.69, 9.17) is 18.9 Å². The highest BCUT2D eigenvalue weighted by atomic mass is 16.7. The van der Waals surface area contributed by atoms with E-state index in [0.717, 1.165) is 21.6 Å². The number of hydrogen-bond donors (Lipinski definition) is 0. The van der Waals surface area contributed by atoms with Gasteiger partial charge in [0, 0.05) is 33.3 Å². The molecule has 0 aromatic heterocycles. The van der Waals surface area contributed by atoms with E-state index in [-0.39, 0.29) is 6.61 Å². The van der Waals surface area contributed by atoms with Gasteiger partial charge in [0.25, 0.3) is 0 Å². The number of ether oxygens (including phenoxy) is 4. The van der Waals surface area contributed by atoms with Gasteiger partial charge in [-0.1, -0.05) is 97.1 Å². The fraction of sp³-hybridized carbons (Fsp3) is 0.324. The Labute approximate surface area is 251 Å². The van der Waals surface area contributed by atoms with Crippen LogP contribution in [0.15, 0.2) is 103 Å². The minimum absolute atomic E-state index is 0.233. The monoisotopic (exact) mass is 586 g/mol. The Morgan fingerprint density at radius 1 is 0.791 bits per heavy atom. The summed E-state index contributed by atoms with van der Waals surface area (Å²) < 4.78 is 24.0. The molecular formula is C34H36NO8-. The Morgan fingerprint density at radius 3 is 1.63 bits per heavy atom. The van der Waals surface area contributed by atoms with Crippen molar-refractivity contribution in [2.45, 2.75) is 63.9 Å². The highest BCUT2D eigenvalue weighted by Gasteiger charge is 2.50. The predicted molar refractivity (Wildman–Crippen MR) is 156 cm³/mol. The molecule has 1 fully saturated rings. The average Bonchev–Trinajstić information content (AvgIpc) is 2.99. The van der Waals surface area contributed by atoms with Crippen molar-refractivity contribution >= 4 is 17.8 Å². The van der Waals surface area contributed by atoms with Gasteiger partial charge in [0.15, 0.2) is 12.2 Å². The van der Waals surface area contributed by atoms with Gasteiger partial charge in [-0.05, 0) is 23.6 Å². The van der Waals surface area contributed by atoms with Crippen LogP contribution in [-0.4, -0.2) is 60.0 Å². The molecular weight excluding hydrogens is 550 g/mol. The number of carbonyl (C=O) groups excluding carboxylic acids is 3. The van der Waals surface area contributed by atoms with Crippen LogP contribution in [0.2, 0.25) is 0 Å². The summed E-state index contributed by atoms with van der Waals surface area (Å²) in [7, 11) is 0. The van der Waals surface area contributed by atoms with Crippen LogP contribution in [0.1, 0.15) is 44.4 Å². The topological polar surface area (TPSA) is 114 Å². The Balaban J connectivity index is 1.82. The minimum atomic E-state index is -1.86. The fourth-order valence-electron chi connectivity index (χ4n) is 5.53. The van der Waals surface area contributed by atoms with E-state index >= 15 is 0 Å². The van der Waals surface area contributed by atoms with Gasteiger partial charge in [-0.25, -0.2) is 0 Å². The molecule has 3 aromatic rings. The lowest BCUT2D eigenvalue weighted by Gasteiger charge is -2.51. The van der Waals surface area contributed by atoms with Crippen molar-refractivity contribution in [3.63, 3.8) is 0 Å². The summed E-state index contributed by atoms with van der Waals surface area (Å²) in [4.78, 5) is 38.3. The number of rotatable bonds is 10. The highest BCUT2D eigenvalue weighted by molar-refractivity contribution is 5.75. The second kappa shape index (κ2) is 14.2. The van der Waals surface area contributed by atoms with Crippen molar-refractivity contribution in [1.29, 1.82) is 0 Å². The molecule has 4 rings (SSSR count). The van der Waals surface area contributed by atoms with Crippen molar-refractivity contribution < 1.29 is 38.4 Å². The molecule has 3 aromatic carbocycles. The lowest BCUT2D eigenvalue weighted by molar-refractivity contribution is -0.524. The number of benzene rings is 3. The van der Waals surface area contributed by atoms with Crippen molar-refractivity contribution in [1.82, 2.24) is 4.90 Å². The van der Waals surface area contributed by atoms with Crippen LogP contribution in [0.3, 0.4) is 0 Å². The van der Waals surface area contributed by atoms with Crippen LogP contribution in [0.5, 0.6) is 0 Å². The largest absolute Gasteiger partial charge is 0.829 e. The maximum atomic E-state index is 13.6. The molecule has 0 aliphatic carbocycles. The maximum absolute atomic E-state index is 13.6. The minimum Gasteiger partial charge on any atom is -0.829 e. The van der Waals surface area contributed by atoms with Crippen LogP contribution in [0.25, 0.3) is 0 Å². The molecule has 1 heterocycles. The first-order valence-electron chi connectivity index (χ1n) is 14.1. The van der Waals surface area contributed by atoms with Gasteiger partial charge in [0.1, 0.15) is 11.7 Å². The second-order valence-corrected chi connectivity index (χ2v) is 10.2. The molecule has 0 bridgehead atoms. The van der Waals surface area contributed by atoms with Crippen LogP contribution in [0, 0.1) is 0 Å². The summed E-state index contributed by atoms with van der Waals surface area (Å²) in [5.74, 6) is -1.87. The zero-order chi connectivity index (χ0) is 31.0. The lowest BCUT2D eigenvalue weighted by Crippen LogP contribution is -2.69. The van der Waals surface area contributed by atoms with Crippen molar-refractivity contribution in [3.8, 4) is 0 Å². The number of hydrogen-bond acceptors (Lipinski definition) is 8. The molecule has 226 valence electrons. The second-order valence-electron chi connectivity index (χ2n) is 10.2. The summed E-state index contributed by atoms with van der Waals surface area (Å²) in [5.41, 5.74) is 1.29. The number of nitrogens with zero attached hydrogens (tertiary/aromatic N) is 1. The summed E-state index contributed by atoms with van der Waals surface area (Å²) in [5, 5.41) is 13.6. The van der Waals surface area contributed by atoms with Crippen molar-refractivity contribution in [3.05, 3.63) is 120 Å². The van der Waals surface area contributed by atoms with Gasteiger partial charge >= 0.3 is 11.9 Å². The SMILES string of the molecule is C/C=C/N(C(C)=O)[C@@H]1[C@@H](OC(C)=O)[C@H](OC(C)=O)[C@@H](COC(c2ccccc2)(c2ccccc2)c2ccccc2)O[C@H]1[O-].